The molecule has 4 atom stereocenters. The van der Waals surface area contributed by atoms with E-state index < -0.39 is 179 Å². The van der Waals surface area contributed by atoms with Gasteiger partial charge in [-0.2, -0.15) is 0 Å². The van der Waals surface area contributed by atoms with Gasteiger partial charge in [0.15, 0.2) is 20.1 Å². The van der Waals surface area contributed by atoms with E-state index in [2.05, 4.69) is 0 Å². The first kappa shape index (κ1) is 40.0. The minimum atomic E-state index is -6.30. The molecular formula is C12H8BN20O24-. The van der Waals surface area contributed by atoms with E-state index >= 15 is 0 Å². The molecule has 0 aliphatic carbocycles. The second-order valence-corrected chi connectivity index (χ2v) is 10.3. The smallest absolute Gasteiger partial charge is 0.332 e. The van der Waals surface area contributed by atoms with E-state index in [4.69, 9.17) is 0 Å². The zero-order chi connectivity index (χ0) is 43.5. The third kappa shape index (κ3) is 5.67. The van der Waals surface area contributed by atoms with E-state index in [0.29, 0.717) is 0 Å². The van der Waals surface area contributed by atoms with Gasteiger partial charge in [-0.05, 0) is 0 Å². The van der Waals surface area contributed by atoms with Crippen molar-refractivity contribution < 1.29 is 59.5 Å². The molecule has 57 heavy (non-hydrogen) atoms. The molecule has 304 valence electrons. The number of hydrogen-bond acceptors (Lipinski definition) is 28. The molecule has 0 saturated carbocycles. The Bertz CT molecular complexity index is 1820. The van der Waals surface area contributed by atoms with Crippen molar-refractivity contribution in [3.63, 3.8) is 0 Å². The molecule has 4 rings (SSSR count). The third-order valence-electron chi connectivity index (χ3n) is 7.67. The first-order chi connectivity index (χ1) is 26.3. The summed E-state index contributed by atoms with van der Waals surface area (Å²) in [5.41, 5.74) is -8.81. The summed E-state index contributed by atoms with van der Waals surface area (Å²) in [6, 6.07) is 0. The Morgan fingerprint density at radius 3 is 0.596 bits per heavy atom. The molecule has 0 aromatic carbocycles. The van der Waals surface area contributed by atoms with Crippen LogP contribution in [0.15, 0.2) is 47.6 Å². The van der Waals surface area contributed by atoms with Crippen LogP contribution >= 0.6 is 0 Å². The van der Waals surface area contributed by atoms with Gasteiger partial charge in [-0.25, -0.2) is 40.5 Å². The van der Waals surface area contributed by atoms with Crippen LogP contribution in [0.25, 0.3) is 0 Å². The quantitative estimate of drug-likeness (QED) is 0.0800. The fraction of sp³-hybridized carbons (Fsp3) is 0.333. The van der Waals surface area contributed by atoms with Gasteiger partial charge in [0.2, 0.25) is 0 Å². The first-order valence-corrected chi connectivity index (χ1v) is 13.3. The van der Waals surface area contributed by atoms with Crippen molar-refractivity contribution in [2.75, 3.05) is 0 Å². The fourth-order valence-corrected chi connectivity index (χ4v) is 5.82. The lowest BCUT2D eigenvalue weighted by atomic mass is 9.70. The van der Waals surface area contributed by atoms with E-state index in [9.17, 15) is 121 Å². The van der Waals surface area contributed by atoms with Crippen molar-refractivity contribution in [3.8, 4) is 0 Å². The summed E-state index contributed by atoms with van der Waals surface area (Å²) >= 11 is 0. The van der Waals surface area contributed by atoms with Crippen LogP contribution in [0.3, 0.4) is 0 Å². The number of hydrogen-bond donors (Lipinski definition) is 0. The van der Waals surface area contributed by atoms with Crippen LogP contribution < -0.4 is 0 Å². The Morgan fingerprint density at radius 1 is 0.333 bits per heavy atom. The minimum Gasteiger partial charge on any atom is -0.332 e. The second kappa shape index (κ2) is 13.3. The zero-order valence-corrected chi connectivity index (χ0v) is 25.9. The van der Waals surface area contributed by atoms with Gasteiger partial charge in [0.1, 0.15) is 0 Å². The van der Waals surface area contributed by atoms with Crippen LogP contribution in [0.1, 0.15) is 0 Å². The van der Waals surface area contributed by atoms with Gasteiger partial charge in [0.25, 0.3) is 0 Å². The van der Waals surface area contributed by atoms with Crippen LogP contribution in [-0.4, -0.2) is 131 Å². The molecule has 44 nitrogen and oxygen atoms in total. The van der Waals surface area contributed by atoms with Crippen LogP contribution in [0.4, 0.5) is 0 Å². The molecule has 0 fully saturated rings. The zero-order valence-electron chi connectivity index (χ0n) is 25.9. The normalized spacial score (nSPS) is 22.6. The molecule has 0 aromatic rings. The maximum absolute atomic E-state index is 12.6. The average molecular weight is 827 g/mol. The van der Waals surface area contributed by atoms with Crippen molar-refractivity contribution in [1.29, 1.82) is 0 Å². The number of rotatable bonds is 16. The van der Waals surface area contributed by atoms with Crippen molar-refractivity contribution in [2.45, 2.75) is 24.7 Å². The molecule has 4 aliphatic heterocycles. The molecule has 0 N–H and O–H groups in total. The largest absolute Gasteiger partial charge is 0.478 e. The van der Waals surface area contributed by atoms with E-state index in [0.717, 1.165) is 0 Å². The standard InChI is InChI=1S/C12H8BN20O24/c34-22(35)5-1-14(18(30(50)51)9(5)26(42)43)13(15-2-6(23(36)37)10(27(44)45)19(15)31(52)53,16-3-7(24(38)39)11(28(46)47)20(16)32(54)55)17-4-8(25(40)41)12(29(48)49)21(17)33(56)57/h1-4,9-12H/q-1. The summed E-state index contributed by atoms with van der Waals surface area (Å²) < 4.78 is 0. The maximum atomic E-state index is 12.6. The highest BCUT2D eigenvalue weighted by Gasteiger charge is 2.77. The van der Waals surface area contributed by atoms with E-state index in [1.807, 2.05) is 0 Å². The highest BCUT2D eigenvalue weighted by molar-refractivity contribution is 6.69. The molecular weight excluding hydrogens is 819 g/mol. The Morgan fingerprint density at radius 2 is 0.491 bits per heavy atom. The lowest BCUT2D eigenvalue weighted by Gasteiger charge is -2.59. The Labute approximate surface area is 300 Å². The summed E-state index contributed by atoms with van der Waals surface area (Å²) in [6.45, 7) is -6.30. The molecule has 45 heteroatoms. The number of nitrogens with zero attached hydrogens (tertiary/aromatic N) is 20. The van der Waals surface area contributed by atoms with E-state index in [1.54, 1.807) is 0 Å². The lowest BCUT2D eigenvalue weighted by molar-refractivity contribution is -0.775. The SMILES string of the molecule is O=[N+]([O-])C1=CN([B-](N2C=C([N+](=O)[O-])C([N+](=O)[O-])N2[N+](=O)[O-])(N2C=C([N+](=O)[O-])C([N+](=O)[O-])N2[N+](=O)[O-])N2C=C([N+](=O)[O-])C([N+](=O)[O-])N2[N+](=O)[O-])N([N+](=O)[O-])C1[N+](=O)[O-]. The minimum absolute atomic E-state index is 0.623. The van der Waals surface area contributed by atoms with Gasteiger partial charge >= 0.3 is 54.1 Å². The molecule has 0 aromatic heterocycles. The number of nitro groups is 12. The van der Waals surface area contributed by atoms with Crippen LogP contribution in [0, 0.1) is 121 Å². The Hall–Kier alpha value is -9.78. The fourth-order valence-electron chi connectivity index (χ4n) is 5.82. The monoisotopic (exact) mass is 827 g/mol. The molecule has 0 amide bonds. The van der Waals surface area contributed by atoms with E-state index in [-0.39, 0.29) is 0 Å². The predicted molar refractivity (Wildman–Crippen MR) is 152 cm³/mol. The summed E-state index contributed by atoms with van der Waals surface area (Å²) in [5, 5.41) is 134. The van der Waals surface area contributed by atoms with Gasteiger partial charge in [-0.3, -0.25) is 80.9 Å². The number of hydrazine groups is 8. The van der Waals surface area contributed by atoms with Crippen molar-refractivity contribution in [2.24, 2.45) is 0 Å². The average Bonchev–Trinajstić information content (AvgIpc) is 3.86. The first-order valence-electron chi connectivity index (χ1n) is 13.3. The van der Waals surface area contributed by atoms with Crippen molar-refractivity contribution in [3.05, 3.63) is 169 Å². The third-order valence-corrected chi connectivity index (χ3v) is 7.67. The maximum Gasteiger partial charge on any atom is 0.478 e. The van der Waals surface area contributed by atoms with Gasteiger partial charge in [0, 0.05) is 20.5 Å². The van der Waals surface area contributed by atoms with Gasteiger partial charge in [0.05, 0.1) is 64.2 Å². The Kier molecular flexibility index (Phi) is 9.35. The van der Waals surface area contributed by atoms with E-state index in [1.165, 1.54) is 0 Å². The van der Waals surface area contributed by atoms with Crippen LogP contribution in [-0.2, 0) is 0 Å². The molecule has 0 bridgehead atoms. The van der Waals surface area contributed by atoms with Gasteiger partial charge in [-0.1, -0.05) is 0 Å². The van der Waals surface area contributed by atoms with Crippen LogP contribution in [0.5, 0.6) is 0 Å². The van der Waals surface area contributed by atoms with Crippen molar-refractivity contribution in [1.82, 2.24) is 40.2 Å². The molecule has 4 aliphatic rings. The molecule has 4 unspecified atom stereocenters. The molecule has 0 radical (unpaired) electrons. The molecule has 0 saturated heterocycles. The second-order valence-electron chi connectivity index (χ2n) is 10.3. The van der Waals surface area contributed by atoms with Gasteiger partial charge in [-0.15, -0.1) is 0 Å². The van der Waals surface area contributed by atoms with Gasteiger partial charge < -0.3 is 19.7 Å². The molecule has 4 heterocycles. The van der Waals surface area contributed by atoms with Crippen LogP contribution in [0.2, 0.25) is 0 Å². The Balaban J connectivity index is 2.50. The summed E-state index contributed by atoms with van der Waals surface area (Å²) in [6.07, 6.45) is -17.4. The lowest BCUT2D eigenvalue weighted by Crippen LogP contribution is -2.87. The van der Waals surface area contributed by atoms with Crippen molar-refractivity contribution >= 4 is 6.69 Å². The summed E-state index contributed by atoms with van der Waals surface area (Å²) in [4.78, 5) is 128. The molecule has 0 spiro atoms. The summed E-state index contributed by atoms with van der Waals surface area (Å²) in [7, 11) is 0. The topological polar surface area (TPSA) is 544 Å². The highest BCUT2D eigenvalue weighted by Crippen LogP contribution is 2.45. The highest BCUT2D eigenvalue weighted by atomic mass is 16.7. The summed E-state index contributed by atoms with van der Waals surface area (Å²) in [5.74, 6) is 0. The predicted octanol–water partition coefficient (Wildman–Crippen LogP) is -4.80.